The van der Waals surface area contributed by atoms with Crippen molar-refractivity contribution in [3.05, 3.63) is 16.1 Å². The van der Waals surface area contributed by atoms with Crippen LogP contribution in [0.4, 0.5) is 0 Å². The third-order valence-corrected chi connectivity index (χ3v) is 3.85. The van der Waals surface area contributed by atoms with Crippen LogP contribution in [0.1, 0.15) is 29.3 Å². The molecule has 0 aromatic carbocycles. The zero-order chi connectivity index (χ0) is 8.67. The van der Waals surface area contributed by atoms with Crippen molar-refractivity contribution in [1.29, 1.82) is 0 Å². The predicted molar refractivity (Wildman–Crippen MR) is 54.2 cm³/mol. The van der Waals surface area contributed by atoms with Crippen molar-refractivity contribution in [2.24, 2.45) is 5.92 Å². The molecule has 1 N–H and O–H groups in total. The number of nitrogens with one attached hydrogen (secondary N) is 1. The fourth-order valence-corrected chi connectivity index (χ4v) is 2.84. The molecule has 70 valence electrons. The summed E-state index contributed by atoms with van der Waals surface area (Å²) in [5.41, 5.74) is 3.45. The summed E-state index contributed by atoms with van der Waals surface area (Å²) in [5.74, 6) is 1.72. The number of hydrogen-bond acceptors (Lipinski definition) is 3. The molecule has 0 unspecified atom stereocenters. The number of thiazole rings is 1. The average molecular weight is 194 g/mol. The summed E-state index contributed by atoms with van der Waals surface area (Å²) in [6.07, 6.45) is 4.02. The van der Waals surface area contributed by atoms with Crippen molar-refractivity contribution in [3.8, 4) is 0 Å². The Kier molecular flexibility index (Phi) is 1.87. The lowest BCUT2D eigenvalue weighted by Gasteiger charge is -2.26. The summed E-state index contributed by atoms with van der Waals surface area (Å²) in [6.45, 7) is 2.42. The molecular formula is C10H14N2S. The summed E-state index contributed by atoms with van der Waals surface area (Å²) in [5, 5.41) is 3.32. The van der Waals surface area contributed by atoms with E-state index in [0.717, 1.165) is 11.8 Å². The molecule has 0 atom stereocenters. The highest BCUT2D eigenvalue weighted by atomic mass is 32.1. The van der Waals surface area contributed by atoms with Crippen LogP contribution in [0, 0.1) is 5.92 Å². The summed E-state index contributed by atoms with van der Waals surface area (Å²) < 4.78 is 0. The van der Waals surface area contributed by atoms with Gasteiger partial charge in [-0.2, -0.15) is 0 Å². The topological polar surface area (TPSA) is 24.9 Å². The molecule has 1 aromatic rings. The first kappa shape index (κ1) is 7.94. The predicted octanol–water partition coefficient (Wildman–Crippen LogP) is 1.78. The quantitative estimate of drug-likeness (QED) is 0.793. The van der Waals surface area contributed by atoms with Crippen LogP contribution in [-0.4, -0.2) is 18.1 Å². The molecule has 3 rings (SSSR count). The summed E-state index contributed by atoms with van der Waals surface area (Å²) in [7, 11) is 0. The molecule has 2 nitrogen and oxygen atoms in total. The molecule has 0 spiro atoms. The number of hydrogen-bond donors (Lipinski definition) is 1. The maximum atomic E-state index is 4.49. The van der Waals surface area contributed by atoms with Gasteiger partial charge in [-0.3, -0.25) is 0 Å². The standard InChI is InChI=1S/C10H14N2S/c1-2-8(1)10-9(13-6-12-10)3-7-4-11-5-7/h6-8,11H,1-5H2. The Morgan fingerprint density at radius 1 is 1.46 bits per heavy atom. The molecule has 0 amide bonds. The first-order valence-electron chi connectivity index (χ1n) is 5.06. The largest absolute Gasteiger partial charge is 0.316 e. The summed E-state index contributed by atoms with van der Waals surface area (Å²) in [6, 6.07) is 0. The van der Waals surface area contributed by atoms with Crippen molar-refractivity contribution >= 4 is 11.3 Å². The van der Waals surface area contributed by atoms with Crippen LogP contribution in [0.15, 0.2) is 5.51 Å². The van der Waals surface area contributed by atoms with E-state index in [0.29, 0.717) is 0 Å². The van der Waals surface area contributed by atoms with Gasteiger partial charge in [-0.25, -0.2) is 4.98 Å². The van der Waals surface area contributed by atoms with E-state index in [1.54, 1.807) is 4.88 Å². The van der Waals surface area contributed by atoms with Crippen LogP contribution < -0.4 is 5.32 Å². The molecule has 1 aromatic heterocycles. The fourth-order valence-electron chi connectivity index (χ4n) is 1.88. The molecule has 1 aliphatic carbocycles. The highest BCUT2D eigenvalue weighted by Crippen LogP contribution is 2.42. The Labute approximate surface area is 82.4 Å². The van der Waals surface area contributed by atoms with Crippen LogP contribution in [0.25, 0.3) is 0 Å². The van der Waals surface area contributed by atoms with Gasteiger partial charge in [-0.15, -0.1) is 11.3 Å². The first-order chi connectivity index (χ1) is 6.43. The smallest absolute Gasteiger partial charge is 0.0797 e. The molecule has 3 heteroatoms. The van der Waals surface area contributed by atoms with E-state index in [-0.39, 0.29) is 0 Å². The maximum Gasteiger partial charge on any atom is 0.0797 e. The Hall–Kier alpha value is -0.410. The average Bonchev–Trinajstić information content (AvgIpc) is 2.79. The number of rotatable bonds is 3. The minimum Gasteiger partial charge on any atom is -0.316 e. The van der Waals surface area contributed by atoms with Crippen LogP contribution in [-0.2, 0) is 6.42 Å². The van der Waals surface area contributed by atoms with Crippen molar-refractivity contribution in [2.75, 3.05) is 13.1 Å². The molecule has 0 bridgehead atoms. The third kappa shape index (κ3) is 1.51. The summed E-state index contributed by atoms with van der Waals surface area (Å²) >= 11 is 1.86. The van der Waals surface area contributed by atoms with E-state index < -0.39 is 0 Å². The Balaban J connectivity index is 1.74. The zero-order valence-corrected chi connectivity index (χ0v) is 8.44. The maximum absolute atomic E-state index is 4.49. The minimum atomic E-state index is 0.828. The van der Waals surface area contributed by atoms with Gasteiger partial charge in [0.25, 0.3) is 0 Å². The number of nitrogens with zero attached hydrogens (tertiary/aromatic N) is 1. The van der Waals surface area contributed by atoms with Gasteiger partial charge in [0, 0.05) is 10.8 Å². The van der Waals surface area contributed by atoms with Gasteiger partial charge in [0.05, 0.1) is 11.2 Å². The van der Waals surface area contributed by atoms with Gasteiger partial charge >= 0.3 is 0 Å². The van der Waals surface area contributed by atoms with Gasteiger partial charge in [0.2, 0.25) is 0 Å². The molecule has 1 aliphatic heterocycles. The lowest BCUT2D eigenvalue weighted by Crippen LogP contribution is -2.43. The second-order valence-corrected chi connectivity index (χ2v) is 5.10. The van der Waals surface area contributed by atoms with Crippen molar-refractivity contribution in [1.82, 2.24) is 10.3 Å². The van der Waals surface area contributed by atoms with Crippen molar-refractivity contribution in [3.63, 3.8) is 0 Å². The van der Waals surface area contributed by atoms with Gasteiger partial charge in [0.15, 0.2) is 0 Å². The highest BCUT2D eigenvalue weighted by Gasteiger charge is 2.29. The fraction of sp³-hybridized carbons (Fsp3) is 0.700. The van der Waals surface area contributed by atoms with Crippen LogP contribution in [0.3, 0.4) is 0 Å². The summed E-state index contributed by atoms with van der Waals surface area (Å²) in [4.78, 5) is 6.05. The minimum absolute atomic E-state index is 0.828. The Morgan fingerprint density at radius 3 is 2.92 bits per heavy atom. The third-order valence-electron chi connectivity index (χ3n) is 2.98. The van der Waals surface area contributed by atoms with Gasteiger partial charge in [-0.1, -0.05) is 0 Å². The van der Waals surface area contributed by atoms with Crippen molar-refractivity contribution < 1.29 is 0 Å². The Morgan fingerprint density at radius 2 is 2.31 bits per heavy atom. The molecule has 1 saturated heterocycles. The van der Waals surface area contributed by atoms with Gasteiger partial charge in [-0.05, 0) is 38.3 Å². The zero-order valence-electron chi connectivity index (χ0n) is 7.62. The SMILES string of the molecule is c1nc(C2CC2)c(CC2CNC2)s1. The van der Waals surface area contributed by atoms with Gasteiger partial charge in [0.1, 0.15) is 0 Å². The second kappa shape index (κ2) is 3.07. The molecular weight excluding hydrogens is 180 g/mol. The van der Waals surface area contributed by atoms with Gasteiger partial charge < -0.3 is 5.32 Å². The molecule has 2 fully saturated rings. The molecule has 13 heavy (non-hydrogen) atoms. The lowest BCUT2D eigenvalue weighted by atomic mass is 9.97. The second-order valence-electron chi connectivity index (χ2n) is 4.16. The van der Waals surface area contributed by atoms with Crippen molar-refractivity contribution in [2.45, 2.75) is 25.2 Å². The molecule has 2 heterocycles. The number of aromatic nitrogens is 1. The monoisotopic (exact) mass is 194 g/mol. The molecule has 2 aliphatic rings. The highest BCUT2D eigenvalue weighted by molar-refractivity contribution is 7.09. The van der Waals surface area contributed by atoms with Crippen LogP contribution in [0.5, 0.6) is 0 Å². The van der Waals surface area contributed by atoms with E-state index in [4.69, 9.17) is 0 Å². The Bertz CT molecular complexity index is 300. The van der Waals surface area contributed by atoms with E-state index in [9.17, 15) is 0 Å². The van der Waals surface area contributed by atoms with E-state index in [2.05, 4.69) is 10.3 Å². The molecule has 0 radical (unpaired) electrons. The van der Waals surface area contributed by atoms with E-state index >= 15 is 0 Å². The molecule has 1 saturated carbocycles. The normalized spacial score (nSPS) is 23.1. The van der Waals surface area contributed by atoms with E-state index in [1.807, 2.05) is 16.8 Å². The van der Waals surface area contributed by atoms with Crippen LogP contribution >= 0.6 is 11.3 Å². The van der Waals surface area contributed by atoms with E-state index in [1.165, 1.54) is 38.0 Å². The first-order valence-corrected chi connectivity index (χ1v) is 5.94. The lowest BCUT2D eigenvalue weighted by molar-refractivity contribution is 0.347. The van der Waals surface area contributed by atoms with Crippen LogP contribution in [0.2, 0.25) is 0 Å².